The average Bonchev–Trinajstić information content (AvgIpc) is 2.62. The predicted octanol–water partition coefficient (Wildman–Crippen LogP) is 2.20. The number of benzene rings is 2. The lowest BCUT2D eigenvalue weighted by Crippen LogP contribution is -2.32. The summed E-state index contributed by atoms with van der Waals surface area (Å²) in [6, 6.07) is 11.6. The van der Waals surface area contributed by atoms with Crippen molar-refractivity contribution in [1.82, 2.24) is 5.43 Å². The van der Waals surface area contributed by atoms with Crippen LogP contribution in [0.2, 0.25) is 5.02 Å². The summed E-state index contributed by atoms with van der Waals surface area (Å²) in [5.41, 5.74) is 3.98. The lowest BCUT2D eigenvalue weighted by atomic mass is 10.2. The number of hydrogen-bond donors (Lipinski definition) is 3. The number of aryl methyl sites for hydroxylation is 1. The molecule has 0 fully saturated rings. The highest BCUT2D eigenvalue weighted by Crippen LogP contribution is 2.24. The van der Waals surface area contributed by atoms with E-state index in [9.17, 15) is 14.4 Å². The van der Waals surface area contributed by atoms with Gasteiger partial charge in [0.2, 0.25) is 0 Å². The van der Waals surface area contributed by atoms with Crippen LogP contribution in [-0.2, 0) is 14.4 Å². The molecule has 0 aliphatic heterocycles. The second-order valence-electron chi connectivity index (χ2n) is 5.34. The summed E-state index contributed by atoms with van der Waals surface area (Å²) in [5, 5.41) is 14.9. The third-order valence-corrected chi connectivity index (χ3v) is 3.58. The Labute approximate surface area is 159 Å². The number of nitrogens with zero attached hydrogens (tertiary/aromatic N) is 1. The number of hydrazone groups is 1. The second-order valence-corrected chi connectivity index (χ2v) is 5.75. The summed E-state index contributed by atoms with van der Waals surface area (Å²) in [4.78, 5) is 34.1. The maximum Gasteiger partial charge on any atom is 0.341 e. The zero-order valence-corrected chi connectivity index (χ0v) is 15.0. The number of carboxylic acids is 1. The number of halogens is 1. The van der Waals surface area contributed by atoms with Gasteiger partial charge in [-0.2, -0.15) is 5.10 Å². The van der Waals surface area contributed by atoms with E-state index < -0.39 is 24.4 Å². The number of aliphatic carboxylic acids is 1. The molecule has 0 aromatic heterocycles. The largest absolute Gasteiger partial charge is 0.480 e. The van der Waals surface area contributed by atoms with E-state index in [0.717, 1.165) is 5.56 Å². The van der Waals surface area contributed by atoms with Gasteiger partial charge in [0, 0.05) is 5.69 Å². The van der Waals surface area contributed by atoms with Gasteiger partial charge in [-0.05, 0) is 42.3 Å². The van der Waals surface area contributed by atoms with Crippen LogP contribution in [0.15, 0.2) is 47.6 Å². The molecule has 2 amide bonds. The Morgan fingerprint density at radius 2 is 1.93 bits per heavy atom. The van der Waals surface area contributed by atoms with Crippen molar-refractivity contribution in [2.45, 2.75) is 6.92 Å². The first-order chi connectivity index (χ1) is 12.9. The van der Waals surface area contributed by atoms with Crippen LogP contribution in [0, 0.1) is 6.92 Å². The van der Waals surface area contributed by atoms with Crippen molar-refractivity contribution in [1.29, 1.82) is 0 Å². The molecule has 2 aromatic rings. The third-order valence-electron chi connectivity index (χ3n) is 3.29. The fourth-order valence-corrected chi connectivity index (χ4v) is 2.21. The SMILES string of the molecule is Cc1ccccc1NC(=O)C(=O)N/N=C\c1ccc(OCC(=O)O)c(Cl)c1. The van der Waals surface area contributed by atoms with Crippen molar-refractivity contribution >= 4 is 41.3 Å². The fourth-order valence-electron chi connectivity index (χ4n) is 1.96. The van der Waals surface area contributed by atoms with Gasteiger partial charge in [0.15, 0.2) is 6.61 Å². The summed E-state index contributed by atoms with van der Waals surface area (Å²) < 4.78 is 4.99. The molecule has 3 N–H and O–H groups in total. The first kappa shape index (κ1) is 19.9. The smallest absolute Gasteiger partial charge is 0.341 e. The van der Waals surface area contributed by atoms with E-state index in [-0.39, 0.29) is 10.8 Å². The number of carbonyl (C=O) groups is 3. The minimum Gasteiger partial charge on any atom is -0.480 e. The van der Waals surface area contributed by atoms with Gasteiger partial charge in [0.1, 0.15) is 5.75 Å². The zero-order valence-electron chi connectivity index (χ0n) is 14.2. The van der Waals surface area contributed by atoms with E-state index in [0.29, 0.717) is 11.3 Å². The number of anilines is 1. The molecule has 0 bridgehead atoms. The van der Waals surface area contributed by atoms with Crippen LogP contribution < -0.4 is 15.5 Å². The van der Waals surface area contributed by atoms with Crippen molar-refractivity contribution < 1.29 is 24.2 Å². The number of hydrogen-bond acceptors (Lipinski definition) is 5. The normalized spacial score (nSPS) is 10.4. The van der Waals surface area contributed by atoms with Crippen LogP contribution >= 0.6 is 11.6 Å². The van der Waals surface area contributed by atoms with Crippen molar-refractivity contribution in [3.63, 3.8) is 0 Å². The van der Waals surface area contributed by atoms with E-state index in [1.165, 1.54) is 18.3 Å². The fraction of sp³-hybridized carbons (Fsp3) is 0.111. The third kappa shape index (κ3) is 6.12. The van der Waals surface area contributed by atoms with Gasteiger partial charge in [-0.1, -0.05) is 29.8 Å². The number of ether oxygens (including phenoxy) is 1. The maximum absolute atomic E-state index is 11.9. The Morgan fingerprint density at radius 3 is 2.59 bits per heavy atom. The van der Waals surface area contributed by atoms with Crippen LogP contribution in [0.3, 0.4) is 0 Å². The van der Waals surface area contributed by atoms with E-state index in [1.54, 1.807) is 31.2 Å². The molecule has 0 aliphatic rings. The van der Waals surface area contributed by atoms with Crippen molar-refractivity contribution in [2.75, 3.05) is 11.9 Å². The molecule has 0 atom stereocenters. The Morgan fingerprint density at radius 1 is 1.19 bits per heavy atom. The number of carbonyl (C=O) groups excluding carboxylic acids is 2. The monoisotopic (exact) mass is 389 g/mol. The molecule has 2 aromatic carbocycles. The summed E-state index contributed by atoms with van der Waals surface area (Å²) in [6.07, 6.45) is 1.28. The Hall–Kier alpha value is -3.39. The molecule has 0 heterocycles. The van der Waals surface area contributed by atoms with Crippen molar-refractivity contribution in [3.8, 4) is 5.75 Å². The van der Waals surface area contributed by atoms with E-state index in [2.05, 4.69) is 15.8 Å². The Balaban J connectivity index is 1.91. The molecule has 0 unspecified atom stereocenters. The number of rotatable bonds is 6. The number of carboxylic acid groups (broad SMARTS) is 1. The van der Waals surface area contributed by atoms with Gasteiger partial charge in [-0.15, -0.1) is 0 Å². The van der Waals surface area contributed by atoms with Crippen LogP contribution in [0.4, 0.5) is 5.69 Å². The summed E-state index contributed by atoms with van der Waals surface area (Å²) in [5.74, 6) is -2.69. The van der Waals surface area contributed by atoms with Crippen LogP contribution in [0.1, 0.15) is 11.1 Å². The van der Waals surface area contributed by atoms with Gasteiger partial charge >= 0.3 is 17.8 Å². The molecule has 0 spiro atoms. The number of amides is 2. The minimum absolute atomic E-state index is 0.184. The lowest BCUT2D eigenvalue weighted by molar-refractivity contribution is -0.139. The Kier molecular flexibility index (Phi) is 6.90. The van der Waals surface area contributed by atoms with Crippen LogP contribution in [0.25, 0.3) is 0 Å². The molecule has 9 heteroatoms. The van der Waals surface area contributed by atoms with E-state index in [4.69, 9.17) is 21.4 Å². The molecule has 2 rings (SSSR count). The summed E-state index contributed by atoms with van der Waals surface area (Å²) in [6.45, 7) is 1.29. The highest BCUT2D eigenvalue weighted by atomic mass is 35.5. The molecule has 0 aliphatic carbocycles. The Bertz CT molecular complexity index is 898. The number of para-hydroxylation sites is 1. The van der Waals surface area contributed by atoms with Crippen molar-refractivity contribution in [2.24, 2.45) is 5.10 Å². The highest BCUT2D eigenvalue weighted by molar-refractivity contribution is 6.39. The number of nitrogens with one attached hydrogen (secondary N) is 2. The van der Waals surface area contributed by atoms with Gasteiger partial charge < -0.3 is 15.2 Å². The van der Waals surface area contributed by atoms with Crippen molar-refractivity contribution in [3.05, 3.63) is 58.6 Å². The molecule has 0 saturated carbocycles. The molecule has 27 heavy (non-hydrogen) atoms. The van der Waals surface area contributed by atoms with Crippen LogP contribution in [0.5, 0.6) is 5.75 Å². The molecule has 0 saturated heterocycles. The van der Waals surface area contributed by atoms with Crippen LogP contribution in [-0.4, -0.2) is 35.7 Å². The first-order valence-corrected chi connectivity index (χ1v) is 8.09. The average molecular weight is 390 g/mol. The van der Waals surface area contributed by atoms with Gasteiger partial charge in [0.05, 0.1) is 11.2 Å². The highest BCUT2D eigenvalue weighted by Gasteiger charge is 2.13. The van der Waals surface area contributed by atoms with Gasteiger partial charge in [0.25, 0.3) is 0 Å². The molecule has 0 radical (unpaired) electrons. The molecule has 8 nitrogen and oxygen atoms in total. The lowest BCUT2D eigenvalue weighted by Gasteiger charge is -2.07. The zero-order chi connectivity index (χ0) is 19.8. The van der Waals surface area contributed by atoms with E-state index in [1.807, 2.05) is 6.07 Å². The summed E-state index contributed by atoms with van der Waals surface area (Å²) in [7, 11) is 0. The molecular weight excluding hydrogens is 374 g/mol. The first-order valence-electron chi connectivity index (χ1n) is 7.71. The van der Waals surface area contributed by atoms with Gasteiger partial charge in [-0.3, -0.25) is 9.59 Å². The molecular formula is C18H16ClN3O5. The quantitative estimate of drug-likeness (QED) is 0.398. The maximum atomic E-state index is 11.9. The van der Waals surface area contributed by atoms with E-state index >= 15 is 0 Å². The standard InChI is InChI=1S/C18H16ClN3O5/c1-11-4-2-3-5-14(11)21-17(25)18(26)22-20-9-12-6-7-15(13(19)8-12)27-10-16(23)24/h2-9H,10H2,1H3,(H,21,25)(H,22,26)(H,23,24)/b20-9-. The minimum atomic E-state index is -1.12. The summed E-state index contributed by atoms with van der Waals surface area (Å²) >= 11 is 5.98. The second kappa shape index (κ2) is 9.35. The van der Waals surface area contributed by atoms with Gasteiger partial charge in [-0.25, -0.2) is 10.2 Å². The predicted molar refractivity (Wildman–Crippen MR) is 100 cm³/mol. The molecule has 140 valence electrons. The topological polar surface area (TPSA) is 117 Å².